The van der Waals surface area contributed by atoms with Gasteiger partial charge in [0.15, 0.2) is 5.78 Å². The Morgan fingerprint density at radius 1 is 1.04 bits per heavy atom. The number of nitrogens with one attached hydrogen (secondary N) is 1. The van der Waals surface area contributed by atoms with E-state index < -0.39 is 10.8 Å². The predicted molar refractivity (Wildman–Crippen MR) is 101 cm³/mol. The summed E-state index contributed by atoms with van der Waals surface area (Å²) in [6, 6.07) is 12.8. The molecule has 0 radical (unpaired) electrons. The maximum absolute atomic E-state index is 12.4. The number of nitrogens with zero attached hydrogens (tertiary/aromatic N) is 2. The minimum atomic E-state index is -0.567. The van der Waals surface area contributed by atoms with Gasteiger partial charge in [-0.15, -0.1) is 0 Å². The van der Waals surface area contributed by atoms with Crippen LogP contribution in [0.2, 0.25) is 0 Å². The number of Topliss-reactive ketones (excluding diaryl/α,β-unsaturated/α-hetero) is 1. The highest BCUT2D eigenvalue weighted by Gasteiger charge is 2.15. The van der Waals surface area contributed by atoms with Gasteiger partial charge >= 0.3 is 0 Å². The van der Waals surface area contributed by atoms with Crippen molar-refractivity contribution in [1.82, 2.24) is 0 Å². The van der Waals surface area contributed by atoms with Crippen molar-refractivity contribution in [3.05, 3.63) is 69.8 Å². The van der Waals surface area contributed by atoms with Gasteiger partial charge in [0.2, 0.25) is 0 Å². The topological polar surface area (TPSA) is 92.6 Å². The summed E-state index contributed by atoms with van der Waals surface area (Å²) in [5.41, 5.74) is 2.02. The highest BCUT2D eigenvalue weighted by atomic mass is 16.6. The lowest BCUT2D eigenvalue weighted by Crippen LogP contribution is -2.18. The molecule has 0 aliphatic carbocycles. The quantitative estimate of drug-likeness (QED) is 0.283. The molecule has 0 aliphatic rings. The van der Waals surface area contributed by atoms with Gasteiger partial charge in [0.1, 0.15) is 0 Å². The standard InChI is InChI=1S/C19H19N3O4/c1-13(23)18(12-14-4-8-16(9-5-14)21(2)3)19(24)20-15-6-10-17(11-7-15)22(25)26/h4-12H,1-3H3,(H,20,24)/b18-12+. The number of benzene rings is 2. The Kier molecular flexibility index (Phi) is 5.85. The van der Waals surface area contributed by atoms with Crippen molar-refractivity contribution in [3.8, 4) is 0 Å². The lowest BCUT2D eigenvalue weighted by Gasteiger charge is -2.12. The lowest BCUT2D eigenvalue weighted by molar-refractivity contribution is -0.384. The van der Waals surface area contributed by atoms with Crippen LogP contribution in [-0.4, -0.2) is 30.7 Å². The molecule has 7 heteroatoms. The Morgan fingerprint density at radius 3 is 2.08 bits per heavy atom. The van der Waals surface area contributed by atoms with Crippen LogP contribution in [-0.2, 0) is 9.59 Å². The van der Waals surface area contributed by atoms with Crippen LogP contribution in [0.25, 0.3) is 6.08 Å². The van der Waals surface area contributed by atoms with Crippen LogP contribution in [0, 0.1) is 10.1 Å². The molecular weight excluding hydrogens is 334 g/mol. The molecule has 2 aromatic rings. The molecule has 0 unspecified atom stereocenters. The van der Waals surface area contributed by atoms with E-state index in [2.05, 4.69) is 5.32 Å². The van der Waals surface area contributed by atoms with Gasteiger partial charge in [-0.3, -0.25) is 19.7 Å². The smallest absolute Gasteiger partial charge is 0.269 e. The number of non-ortho nitro benzene ring substituents is 1. The zero-order valence-corrected chi connectivity index (χ0v) is 14.7. The molecule has 2 rings (SSSR count). The maximum atomic E-state index is 12.4. The minimum Gasteiger partial charge on any atom is -0.378 e. The summed E-state index contributed by atoms with van der Waals surface area (Å²) in [6.07, 6.45) is 1.52. The second-order valence-electron chi connectivity index (χ2n) is 5.86. The molecule has 0 spiro atoms. The number of anilines is 2. The number of nitro groups is 1. The van der Waals surface area contributed by atoms with E-state index in [1.165, 1.54) is 37.3 Å². The summed E-state index contributed by atoms with van der Waals surface area (Å²) < 4.78 is 0. The lowest BCUT2D eigenvalue weighted by atomic mass is 10.1. The van der Waals surface area contributed by atoms with E-state index in [9.17, 15) is 19.7 Å². The van der Waals surface area contributed by atoms with Gasteiger partial charge in [-0.2, -0.15) is 0 Å². The molecule has 1 amide bonds. The van der Waals surface area contributed by atoms with Gasteiger partial charge in [0.05, 0.1) is 10.5 Å². The molecule has 1 N–H and O–H groups in total. The van der Waals surface area contributed by atoms with Crippen molar-refractivity contribution in [1.29, 1.82) is 0 Å². The van der Waals surface area contributed by atoms with E-state index in [-0.39, 0.29) is 17.0 Å². The van der Waals surface area contributed by atoms with Crippen LogP contribution >= 0.6 is 0 Å². The average molecular weight is 353 g/mol. The Bertz CT molecular complexity index is 853. The number of hydrogen-bond donors (Lipinski definition) is 1. The highest BCUT2D eigenvalue weighted by molar-refractivity contribution is 6.25. The van der Waals surface area contributed by atoms with Gasteiger partial charge in [-0.05, 0) is 42.8 Å². The van der Waals surface area contributed by atoms with Crippen molar-refractivity contribution in [2.75, 3.05) is 24.3 Å². The molecule has 26 heavy (non-hydrogen) atoms. The molecule has 0 saturated carbocycles. The first-order chi connectivity index (χ1) is 12.3. The summed E-state index contributed by atoms with van der Waals surface area (Å²) in [5.74, 6) is -0.941. The van der Waals surface area contributed by atoms with Crippen LogP contribution in [0.4, 0.5) is 17.1 Å². The largest absolute Gasteiger partial charge is 0.378 e. The molecule has 0 fully saturated rings. The SMILES string of the molecule is CC(=O)/C(=C\c1ccc(N(C)C)cc1)C(=O)Nc1ccc([N+](=O)[O-])cc1. The van der Waals surface area contributed by atoms with Gasteiger partial charge < -0.3 is 10.2 Å². The second kappa shape index (κ2) is 8.06. The molecule has 0 bridgehead atoms. The molecule has 0 aromatic heterocycles. The van der Waals surface area contributed by atoms with Gasteiger partial charge in [0, 0.05) is 37.6 Å². The molecule has 0 saturated heterocycles. The predicted octanol–water partition coefficient (Wildman–Crippen LogP) is 3.27. The van der Waals surface area contributed by atoms with Crippen molar-refractivity contribution < 1.29 is 14.5 Å². The fraction of sp³-hybridized carbons (Fsp3) is 0.158. The number of carbonyl (C=O) groups excluding carboxylic acids is 2. The van der Waals surface area contributed by atoms with Crippen molar-refractivity contribution in [2.45, 2.75) is 6.92 Å². The summed E-state index contributed by atoms with van der Waals surface area (Å²) in [6.45, 7) is 1.31. The van der Waals surface area contributed by atoms with Crippen LogP contribution in [0.5, 0.6) is 0 Å². The Hall–Kier alpha value is -3.48. The summed E-state index contributed by atoms with van der Waals surface area (Å²) in [4.78, 5) is 36.4. The van der Waals surface area contributed by atoms with E-state index in [4.69, 9.17) is 0 Å². The van der Waals surface area contributed by atoms with Crippen molar-refractivity contribution in [3.63, 3.8) is 0 Å². The van der Waals surface area contributed by atoms with Gasteiger partial charge in [0.25, 0.3) is 11.6 Å². The molecule has 134 valence electrons. The summed E-state index contributed by atoms with van der Waals surface area (Å²) >= 11 is 0. The molecule has 2 aromatic carbocycles. The molecule has 7 nitrogen and oxygen atoms in total. The zero-order chi connectivity index (χ0) is 19.3. The fourth-order valence-corrected chi connectivity index (χ4v) is 2.23. The number of carbonyl (C=O) groups is 2. The van der Waals surface area contributed by atoms with Crippen molar-refractivity contribution >= 4 is 34.8 Å². The van der Waals surface area contributed by atoms with E-state index in [0.29, 0.717) is 5.69 Å². The first kappa shape index (κ1) is 18.9. The highest BCUT2D eigenvalue weighted by Crippen LogP contribution is 2.18. The van der Waals surface area contributed by atoms with E-state index in [1.54, 1.807) is 0 Å². The molecule has 0 heterocycles. The van der Waals surface area contributed by atoms with Crippen LogP contribution in [0.15, 0.2) is 54.1 Å². The fourth-order valence-electron chi connectivity index (χ4n) is 2.23. The number of rotatable bonds is 6. The summed E-state index contributed by atoms with van der Waals surface area (Å²) in [7, 11) is 3.84. The maximum Gasteiger partial charge on any atom is 0.269 e. The monoisotopic (exact) mass is 353 g/mol. The van der Waals surface area contributed by atoms with Gasteiger partial charge in [-0.25, -0.2) is 0 Å². The third kappa shape index (κ3) is 4.76. The Balaban J connectivity index is 2.21. The molecule has 0 aliphatic heterocycles. The van der Waals surface area contributed by atoms with Crippen LogP contribution in [0.3, 0.4) is 0 Å². The van der Waals surface area contributed by atoms with Crippen molar-refractivity contribution in [2.24, 2.45) is 0 Å². The van der Waals surface area contributed by atoms with E-state index in [1.807, 2.05) is 43.3 Å². The van der Waals surface area contributed by atoms with Gasteiger partial charge in [-0.1, -0.05) is 12.1 Å². The minimum absolute atomic E-state index is 0.000885. The number of nitro benzene ring substituents is 1. The number of amides is 1. The Morgan fingerprint density at radius 2 is 1.62 bits per heavy atom. The first-order valence-corrected chi connectivity index (χ1v) is 7.84. The summed E-state index contributed by atoms with van der Waals surface area (Å²) in [5, 5.41) is 13.2. The third-order valence-corrected chi connectivity index (χ3v) is 3.68. The Labute approximate surface area is 151 Å². The van der Waals surface area contributed by atoms with E-state index in [0.717, 1.165) is 11.3 Å². The van der Waals surface area contributed by atoms with Crippen LogP contribution in [0.1, 0.15) is 12.5 Å². The molecule has 0 atom stereocenters. The first-order valence-electron chi connectivity index (χ1n) is 7.84. The number of ketones is 1. The average Bonchev–Trinajstić information content (AvgIpc) is 2.60. The third-order valence-electron chi connectivity index (χ3n) is 3.68. The molecular formula is C19H19N3O4. The second-order valence-corrected chi connectivity index (χ2v) is 5.86. The van der Waals surface area contributed by atoms with Crippen LogP contribution < -0.4 is 10.2 Å². The van der Waals surface area contributed by atoms with E-state index >= 15 is 0 Å². The number of hydrogen-bond acceptors (Lipinski definition) is 5. The zero-order valence-electron chi connectivity index (χ0n) is 14.7. The normalized spacial score (nSPS) is 11.0.